The second-order valence-electron chi connectivity index (χ2n) is 4.70. The molecule has 0 atom stereocenters. The zero-order valence-electron chi connectivity index (χ0n) is 13.1. The van der Waals surface area contributed by atoms with Crippen LogP contribution in [0.2, 0.25) is 0 Å². The molecule has 0 spiro atoms. The van der Waals surface area contributed by atoms with Gasteiger partial charge in [-0.25, -0.2) is 0 Å². The summed E-state index contributed by atoms with van der Waals surface area (Å²) in [6, 6.07) is 7.33. The summed E-state index contributed by atoms with van der Waals surface area (Å²) in [5.74, 6) is 1.77. The van der Waals surface area contributed by atoms with Gasteiger partial charge in [0.2, 0.25) is 0 Å². The third-order valence-corrected chi connectivity index (χ3v) is 3.26. The zero-order chi connectivity index (χ0) is 15.9. The molecule has 6 nitrogen and oxygen atoms in total. The molecule has 0 bridgehead atoms. The van der Waals surface area contributed by atoms with E-state index in [1.807, 2.05) is 18.2 Å². The van der Waals surface area contributed by atoms with Crippen LogP contribution in [-0.4, -0.2) is 26.7 Å². The van der Waals surface area contributed by atoms with Gasteiger partial charge in [0.25, 0.3) is 5.91 Å². The number of hydrogen-bond acceptors (Lipinski definition) is 5. The summed E-state index contributed by atoms with van der Waals surface area (Å²) in [6.45, 7) is 0.788. The summed E-state index contributed by atoms with van der Waals surface area (Å²) < 4.78 is 15.6. The van der Waals surface area contributed by atoms with Gasteiger partial charge in [-0.15, -0.1) is 12.4 Å². The number of methoxy groups -OCH3 is 2. The number of ether oxygens (including phenoxy) is 2. The van der Waals surface area contributed by atoms with Crippen LogP contribution in [0.25, 0.3) is 0 Å². The van der Waals surface area contributed by atoms with E-state index in [0.717, 1.165) is 5.56 Å². The fourth-order valence-corrected chi connectivity index (χ4v) is 2.07. The monoisotopic (exact) mass is 340 g/mol. The van der Waals surface area contributed by atoms with E-state index in [-0.39, 0.29) is 24.9 Å². The predicted octanol–water partition coefficient (Wildman–Crippen LogP) is 2.15. The van der Waals surface area contributed by atoms with Crippen LogP contribution < -0.4 is 20.5 Å². The van der Waals surface area contributed by atoms with Crippen molar-refractivity contribution in [3.05, 3.63) is 47.4 Å². The lowest BCUT2D eigenvalue weighted by Crippen LogP contribution is -2.25. The number of carbonyl (C=O) groups excluding carboxylic acids is 1. The van der Waals surface area contributed by atoms with Gasteiger partial charge in [-0.05, 0) is 30.2 Å². The van der Waals surface area contributed by atoms with Crippen LogP contribution in [0, 0.1) is 0 Å². The summed E-state index contributed by atoms with van der Waals surface area (Å²) in [6.07, 6.45) is 2.10. The molecular formula is C16H21ClN2O4. The highest BCUT2D eigenvalue weighted by molar-refractivity contribution is 5.93. The van der Waals surface area contributed by atoms with Gasteiger partial charge in [-0.1, -0.05) is 6.07 Å². The van der Waals surface area contributed by atoms with Crippen LogP contribution in [0.4, 0.5) is 0 Å². The molecule has 1 aromatic heterocycles. The quantitative estimate of drug-likeness (QED) is 0.806. The molecule has 1 amide bonds. The fraction of sp³-hybridized carbons (Fsp3) is 0.312. The first-order valence-electron chi connectivity index (χ1n) is 6.94. The molecule has 1 aromatic carbocycles. The average molecular weight is 341 g/mol. The molecule has 1 heterocycles. The number of halogens is 1. The Morgan fingerprint density at radius 2 is 1.96 bits per heavy atom. The smallest absolute Gasteiger partial charge is 0.254 e. The molecule has 23 heavy (non-hydrogen) atoms. The van der Waals surface area contributed by atoms with Gasteiger partial charge in [0.05, 0.1) is 26.3 Å². The summed E-state index contributed by atoms with van der Waals surface area (Å²) in [5, 5.41) is 2.84. The molecule has 0 unspecified atom stereocenters. The van der Waals surface area contributed by atoms with Gasteiger partial charge >= 0.3 is 0 Å². The summed E-state index contributed by atoms with van der Waals surface area (Å²) >= 11 is 0. The van der Waals surface area contributed by atoms with Crippen LogP contribution in [0.15, 0.2) is 34.9 Å². The van der Waals surface area contributed by atoms with Crippen molar-refractivity contribution in [2.45, 2.75) is 13.0 Å². The molecular weight excluding hydrogens is 320 g/mol. The maximum Gasteiger partial charge on any atom is 0.254 e. The summed E-state index contributed by atoms with van der Waals surface area (Å²) in [4.78, 5) is 11.9. The standard InChI is InChI=1S/C16H20N2O4.ClH/c1-20-14-4-3-11(7-15(14)21-2)5-6-18-16(19)12-8-13(9-17)22-10-12;/h3-4,7-8,10H,5-6,9,17H2,1-2H3,(H,18,19);1H. The third-order valence-electron chi connectivity index (χ3n) is 3.26. The topological polar surface area (TPSA) is 86.7 Å². The van der Waals surface area contributed by atoms with E-state index in [2.05, 4.69) is 5.32 Å². The number of nitrogens with one attached hydrogen (secondary N) is 1. The molecule has 0 aliphatic heterocycles. The van der Waals surface area contributed by atoms with Gasteiger partial charge in [-0.2, -0.15) is 0 Å². The molecule has 2 rings (SSSR count). The Morgan fingerprint density at radius 1 is 1.22 bits per heavy atom. The normalized spacial score (nSPS) is 9.87. The van der Waals surface area contributed by atoms with E-state index < -0.39 is 0 Å². The van der Waals surface area contributed by atoms with Crippen molar-refractivity contribution in [2.75, 3.05) is 20.8 Å². The molecule has 0 fully saturated rings. The fourth-order valence-electron chi connectivity index (χ4n) is 2.07. The maximum absolute atomic E-state index is 11.9. The Balaban J connectivity index is 0.00000264. The number of rotatable bonds is 7. The first-order valence-corrected chi connectivity index (χ1v) is 6.94. The molecule has 3 N–H and O–H groups in total. The van der Waals surface area contributed by atoms with Crippen molar-refractivity contribution in [2.24, 2.45) is 5.73 Å². The number of furan rings is 1. The van der Waals surface area contributed by atoms with E-state index in [9.17, 15) is 4.79 Å². The van der Waals surface area contributed by atoms with Crippen molar-refractivity contribution >= 4 is 18.3 Å². The van der Waals surface area contributed by atoms with Crippen molar-refractivity contribution in [3.63, 3.8) is 0 Å². The Labute approximate surface area is 141 Å². The van der Waals surface area contributed by atoms with E-state index in [4.69, 9.17) is 19.6 Å². The highest BCUT2D eigenvalue weighted by Crippen LogP contribution is 2.27. The second-order valence-corrected chi connectivity index (χ2v) is 4.70. The van der Waals surface area contributed by atoms with Crippen molar-refractivity contribution in [3.8, 4) is 11.5 Å². The zero-order valence-corrected chi connectivity index (χ0v) is 13.9. The summed E-state index contributed by atoms with van der Waals surface area (Å²) in [5.41, 5.74) is 6.97. The predicted molar refractivity (Wildman–Crippen MR) is 89.4 cm³/mol. The van der Waals surface area contributed by atoms with Gasteiger partial charge in [0, 0.05) is 6.54 Å². The van der Waals surface area contributed by atoms with Crippen molar-refractivity contribution in [1.82, 2.24) is 5.32 Å². The first-order chi connectivity index (χ1) is 10.7. The largest absolute Gasteiger partial charge is 0.493 e. The lowest BCUT2D eigenvalue weighted by Gasteiger charge is -2.09. The maximum atomic E-state index is 11.9. The Bertz CT molecular complexity index is 643. The lowest BCUT2D eigenvalue weighted by atomic mass is 10.1. The van der Waals surface area contributed by atoms with Gasteiger partial charge in [0.15, 0.2) is 11.5 Å². The lowest BCUT2D eigenvalue weighted by molar-refractivity contribution is 0.0953. The Kier molecular flexibility index (Phi) is 7.44. The highest BCUT2D eigenvalue weighted by atomic mass is 35.5. The van der Waals surface area contributed by atoms with Gasteiger partial charge in [-0.3, -0.25) is 4.79 Å². The van der Waals surface area contributed by atoms with E-state index in [1.165, 1.54) is 6.26 Å². The molecule has 2 aromatic rings. The number of nitrogens with two attached hydrogens (primary N) is 1. The highest BCUT2D eigenvalue weighted by Gasteiger charge is 2.09. The van der Waals surface area contributed by atoms with Crippen LogP contribution in [0.3, 0.4) is 0 Å². The van der Waals surface area contributed by atoms with Crippen molar-refractivity contribution < 1.29 is 18.7 Å². The van der Waals surface area contributed by atoms with Gasteiger partial charge in [0.1, 0.15) is 12.0 Å². The average Bonchev–Trinajstić information content (AvgIpc) is 3.03. The number of carbonyl (C=O) groups is 1. The van der Waals surface area contributed by atoms with Crippen LogP contribution in [0.1, 0.15) is 21.7 Å². The Hall–Kier alpha value is -2.18. The molecule has 0 aliphatic rings. The van der Waals surface area contributed by atoms with E-state index in [1.54, 1.807) is 20.3 Å². The number of benzene rings is 1. The second kappa shape index (κ2) is 9.07. The van der Waals surface area contributed by atoms with Gasteiger partial charge < -0.3 is 24.9 Å². The first kappa shape index (κ1) is 18.9. The van der Waals surface area contributed by atoms with Crippen LogP contribution >= 0.6 is 12.4 Å². The van der Waals surface area contributed by atoms with E-state index >= 15 is 0 Å². The van der Waals surface area contributed by atoms with Crippen LogP contribution in [0.5, 0.6) is 11.5 Å². The number of hydrogen-bond donors (Lipinski definition) is 2. The SMILES string of the molecule is COc1ccc(CCNC(=O)c2coc(CN)c2)cc1OC.Cl. The molecule has 7 heteroatoms. The minimum absolute atomic E-state index is 0. The molecule has 0 radical (unpaired) electrons. The van der Waals surface area contributed by atoms with Crippen molar-refractivity contribution in [1.29, 1.82) is 0 Å². The van der Waals surface area contributed by atoms with Crippen LogP contribution in [-0.2, 0) is 13.0 Å². The Morgan fingerprint density at radius 3 is 2.57 bits per heavy atom. The number of amides is 1. The molecule has 0 aliphatic carbocycles. The third kappa shape index (κ3) is 4.91. The minimum atomic E-state index is -0.177. The molecule has 0 saturated heterocycles. The summed E-state index contributed by atoms with van der Waals surface area (Å²) in [7, 11) is 3.19. The molecule has 126 valence electrons. The minimum Gasteiger partial charge on any atom is -0.493 e. The molecule has 0 saturated carbocycles. The van der Waals surface area contributed by atoms with E-state index in [0.29, 0.717) is 35.8 Å².